The van der Waals surface area contributed by atoms with Crippen molar-refractivity contribution in [1.82, 2.24) is 9.78 Å². The highest BCUT2D eigenvalue weighted by molar-refractivity contribution is 6.62. The molecule has 8 heteroatoms. The monoisotopic (exact) mass is 374 g/mol. The predicted molar refractivity (Wildman–Crippen MR) is 104 cm³/mol. The number of benzene rings is 1. The lowest BCUT2D eigenvalue weighted by molar-refractivity contribution is 0.00578. The second kappa shape index (κ2) is 6.24. The van der Waals surface area contributed by atoms with Crippen LogP contribution in [0.25, 0.3) is 10.9 Å². The molecule has 146 valence electrons. The molecule has 7 nitrogen and oxygen atoms in total. The molecule has 1 saturated heterocycles. The van der Waals surface area contributed by atoms with Gasteiger partial charge in [-0.15, -0.1) is 5.10 Å². The molecule has 27 heavy (non-hydrogen) atoms. The van der Waals surface area contributed by atoms with E-state index in [0.717, 1.165) is 5.46 Å². The first-order chi connectivity index (χ1) is 12.3. The lowest BCUT2D eigenvalue weighted by Gasteiger charge is -2.32. The Bertz CT molecular complexity index is 866. The third kappa shape index (κ3) is 3.56. The van der Waals surface area contributed by atoms with E-state index in [1.807, 2.05) is 60.6 Å². The lowest BCUT2D eigenvalue weighted by Crippen LogP contribution is -2.41. The van der Waals surface area contributed by atoms with Crippen LogP contribution in [0.2, 0.25) is 0 Å². The summed E-state index contributed by atoms with van der Waals surface area (Å²) in [5, 5.41) is 4.95. The van der Waals surface area contributed by atoms with Gasteiger partial charge in [-0.05, 0) is 66.1 Å². The minimum absolute atomic E-state index is 0.342. The normalized spacial score (nSPS) is 18.7. The van der Waals surface area contributed by atoms with Crippen LogP contribution in [0.4, 0.5) is 4.79 Å². The molecule has 1 aromatic heterocycles. The number of hydrogen-bond donors (Lipinski definition) is 0. The zero-order valence-corrected chi connectivity index (χ0v) is 17.2. The molecule has 2 aromatic rings. The number of carbonyl (C=O) groups excluding carboxylic acids is 1. The molecule has 2 heterocycles. The highest BCUT2D eigenvalue weighted by atomic mass is 16.7. The fourth-order valence-corrected chi connectivity index (χ4v) is 2.83. The fraction of sp³-hybridized carbons (Fsp3) is 0.579. The predicted octanol–water partition coefficient (Wildman–Crippen LogP) is 3.13. The van der Waals surface area contributed by atoms with Crippen molar-refractivity contribution in [3.05, 3.63) is 18.2 Å². The van der Waals surface area contributed by atoms with E-state index in [1.165, 1.54) is 11.8 Å². The van der Waals surface area contributed by atoms with Gasteiger partial charge in [-0.2, -0.15) is 4.68 Å². The number of nitrogens with zero attached hydrogens (tertiary/aromatic N) is 2. The van der Waals surface area contributed by atoms with E-state index in [4.69, 9.17) is 18.8 Å². The number of carbonyl (C=O) groups is 1. The molecule has 0 spiro atoms. The summed E-state index contributed by atoms with van der Waals surface area (Å²) in [5.74, 6) is 0.342. The Morgan fingerprint density at radius 1 is 1.15 bits per heavy atom. The Balaban J connectivity index is 2.00. The molecule has 0 bridgehead atoms. The average Bonchev–Trinajstić information content (AvgIpc) is 2.99. The van der Waals surface area contributed by atoms with Crippen molar-refractivity contribution in [1.29, 1.82) is 0 Å². The molecule has 0 atom stereocenters. The Labute approximate surface area is 160 Å². The smallest absolute Gasteiger partial charge is 0.479 e. The first kappa shape index (κ1) is 19.7. The summed E-state index contributed by atoms with van der Waals surface area (Å²) in [4.78, 5) is 12.5. The molecule has 1 aromatic carbocycles. The van der Waals surface area contributed by atoms with Crippen LogP contribution < -0.4 is 10.2 Å². The quantitative estimate of drug-likeness (QED) is 0.753. The summed E-state index contributed by atoms with van der Waals surface area (Å²) in [6.45, 7) is 13.5. The number of aromatic nitrogens is 2. The average molecular weight is 374 g/mol. The van der Waals surface area contributed by atoms with Crippen LogP contribution >= 0.6 is 0 Å². The number of fused-ring (bicyclic) bond motifs is 1. The van der Waals surface area contributed by atoms with E-state index in [2.05, 4.69) is 5.10 Å². The van der Waals surface area contributed by atoms with Gasteiger partial charge in [-0.1, -0.05) is 6.07 Å². The van der Waals surface area contributed by atoms with Gasteiger partial charge in [-0.3, -0.25) is 0 Å². The van der Waals surface area contributed by atoms with E-state index >= 15 is 0 Å². The summed E-state index contributed by atoms with van der Waals surface area (Å²) in [6, 6.07) is 5.55. The van der Waals surface area contributed by atoms with Gasteiger partial charge in [0.25, 0.3) is 0 Å². The number of hydrogen-bond acceptors (Lipinski definition) is 6. The van der Waals surface area contributed by atoms with Gasteiger partial charge < -0.3 is 18.8 Å². The largest absolute Gasteiger partial charge is 0.494 e. The van der Waals surface area contributed by atoms with E-state index < -0.39 is 30.0 Å². The Kier molecular flexibility index (Phi) is 4.55. The van der Waals surface area contributed by atoms with Gasteiger partial charge in [0.1, 0.15) is 5.60 Å². The molecular weight excluding hydrogens is 347 g/mol. The maximum atomic E-state index is 12.5. The minimum Gasteiger partial charge on any atom is -0.479 e. The van der Waals surface area contributed by atoms with Crippen molar-refractivity contribution in [2.24, 2.45) is 0 Å². The fourth-order valence-electron chi connectivity index (χ4n) is 2.83. The molecule has 0 unspecified atom stereocenters. The van der Waals surface area contributed by atoms with Crippen LogP contribution in [-0.4, -0.2) is 46.9 Å². The van der Waals surface area contributed by atoms with Crippen LogP contribution in [0, 0.1) is 0 Å². The van der Waals surface area contributed by atoms with Gasteiger partial charge in [0.15, 0.2) is 0 Å². The molecule has 1 fully saturated rings. The van der Waals surface area contributed by atoms with Crippen molar-refractivity contribution in [2.75, 3.05) is 7.11 Å². The van der Waals surface area contributed by atoms with E-state index in [9.17, 15) is 4.79 Å². The van der Waals surface area contributed by atoms with E-state index in [0.29, 0.717) is 16.8 Å². The number of rotatable bonds is 2. The van der Waals surface area contributed by atoms with Crippen molar-refractivity contribution in [3.63, 3.8) is 0 Å². The van der Waals surface area contributed by atoms with Crippen molar-refractivity contribution in [3.8, 4) is 5.88 Å². The molecule has 1 aliphatic rings. The molecule has 3 rings (SSSR count). The topological polar surface area (TPSA) is 71.8 Å². The summed E-state index contributed by atoms with van der Waals surface area (Å²) in [7, 11) is 1.01. The molecular formula is C19H27BN2O5. The highest BCUT2D eigenvalue weighted by Crippen LogP contribution is 2.37. The Morgan fingerprint density at radius 3 is 2.26 bits per heavy atom. The van der Waals surface area contributed by atoms with Gasteiger partial charge in [-0.25, -0.2) is 4.79 Å². The molecule has 0 radical (unpaired) electrons. The molecule has 0 amide bonds. The zero-order chi connectivity index (χ0) is 20.2. The Morgan fingerprint density at radius 2 is 1.74 bits per heavy atom. The van der Waals surface area contributed by atoms with Crippen LogP contribution in [0.15, 0.2) is 18.2 Å². The lowest BCUT2D eigenvalue weighted by atomic mass is 9.78. The van der Waals surface area contributed by atoms with E-state index in [-0.39, 0.29) is 0 Å². The summed E-state index contributed by atoms with van der Waals surface area (Å²) in [5.41, 5.74) is -0.0513. The maximum Gasteiger partial charge on any atom is 0.494 e. The second-order valence-electron chi connectivity index (χ2n) is 8.77. The van der Waals surface area contributed by atoms with E-state index in [1.54, 1.807) is 6.07 Å². The standard InChI is InChI=1S/C19H27BN2O5/c1-17(2,3)25-16(23)22-14-10-9-12(11-13(14)15(21-22)24-8)20-26-18(4,5)19(6,7)27-20/h9-11H,1-8H3. The van der Waals surface area contributed by atoms with Crippen LogP contribution in [-0.2, 0) is 14.0 Å². The van der Waals surface area contributed by atoms with Gasteiger partial charge in [0.05, 0.1) is 29.2 Å². The first-order valence-electron chi connectivity index (χ1n) is 9.00. The van der Waals surface area contributed by atoms with Crippen LogP contribution in [0.1, 0.15) is 48.5 Å². The molecule has 0 saturated carbocycles. The SMILES string of the molecule is COc1nn(C(=O)OC(C)(C)C)c2ccc(B3OC(C)(C)C(C)(C)O3)cc12. The summed E-state index contributed by atoms with van der Waals surface area (Å²) >= 11 is 0. The summed E-state index contributed by atoms with van der Waals surface area (Å²) < 4.78 is 24.2. The van der Waals surface area contributed by atoms with Crippen molar-refractivity contribution >= 4 is 29.6 Å². The Hall–Kier alpha value is -2.06. The van der Waals surface area contributed by atoms with Gasteiger partial charge in [0.2, 0.25) is 5.88 Å². The summed E-state index contributed by atoms with van der Waals surface area (Å²) in [6.07, 6.45) is -0.556. The number of ether oxygens (including phenoxy) is 2. The van der Waals surface area contributed by atoms with Crippen molar-refractivity contribution in [2.45, 2.75) is 65.3 Å². The zero-order valence-electron chi connectivity index (χ0n) is 17.2. The molecule has 0 N–H and O–H groups in total. The van der Waals surface area contributed by atoms with Crippen molar-refractivity contribution < 1.29 is 23.6 Å². The van der Waals surface area contributed by atoms with Crippen LogP contribution in [0.5, 0.6) is 5.88 Å². The molecule has 0 aliphatic carbocycles. The molecule has 1 aliphatic heterocycles. The number of methoxy groups -OCH3 is 1. The minimum atomic E-state index is -0.620. The first-order valence-corrected chi connectivity index (χ1v) is 9.00. The third-order valence-electron chi connectivity index (χ3n) is 4.96. The maximum absolute atomic E-state index is 12.5. The third-order valence-corrected chi connectivity index (χ3v) is 4.96. The van der Waals surface area contributed by atoms with Gasteiger partial charge >= 0.3 is 13.2 Å². The highest BCUT2D eigenvalue weighted by Gasteiger charge is 2.51. The van der Waals surface area contributed by atoms with Crippen LogP contribution in [0.3, 0.4) is 0 Å². The second-order valence-corrected chi connectivity index (χ2v) is 8.77. The van der Waals surface area contributed by atoms with Gasteiger partial charge in [0, 0.05) is 0 Å².